The van der Waals surface area contributed by atoms with E-state index in [4.69, 9.17) is 10.2 Å². The number of nitrogens with two attached hydrogens (primary N) is 1. The summed E-state index contributed by atoms with van der Waals surface area (Å²) in [6.07, 6.45) is 2.75. The molecule has 4 heteroatoms. The van der Waals surface area contributed by atoms with Crippen molar-refractivity contribution in [1.82, 2.24) is 4.90 Å². The minimum Gasteiger partial charge on any atom is -0.467 e. The number of aryl methyl sites for hydroxylation is 1. The maximum atomic E-state index is 12.2. The van der Waals surface area contributed by atoms with Gasteiger partial charge in [0, 0.05) is 18.7 Å². The van der Waals surface area contributed by atoms with E-state index in [0.29, 0.717) is 25.9 Å². The predicted molar refractivity (Wildman–Crippen MR) is 79.0 cm³/mol. The number of rotatable bonds is 6. The molecule has 1 heterocycles. The first-order valence-corrected chi connectivity index (χ1v) is 6.84. The Morgan fingerprint density at radius 3 is 2.70 bits per heavy atom. The standard InChI is InChI=1S/C16H20N2O2/c1-2-18(12-14-7-5-11-20-14)16(19)10-9-13-6-3-4-8-15(13)17/h3-8,11H,2,9-10,12,17H2,1H3. The highest BCUT2D eigenvalue weighted by Gasteiger charge is 2.13. The molecule has 2 N–H and O–H groups in total. The van der Waals surface area contributed by atoms with Crippen LogP contribution < -0.4 is 5.73 Å². The molecule has 0 spiro atoms. The van der Waals surface area contributed by atoms with Crippen LogP contribution in [0, 0.1) is 0 Å². The van der Waals surface area contributed by atoms with Crippen molar-refractivity contribution in [2.24, 2.45) is 0 Å². The van der Waals surface area contributed by atoms with Gasteiger partial charge in [0.15, 0.2) is 0 Å². The molecule has 0 aliphatic carbocycles. The molecule has 2 aromatic rings. The van der Waals surface area contributed by atoms with Crippen molar-refractivity contribution in [3.05, 3.63) is 54.0 Å². The molecule has 106 valence electrons. The number of carbonyl (C=O) groups excluding carboxylic acids is 1. The number of nitrogens with zero attached hydrogens (tertiary/aromatic N) is 1. The molecule has 0 bridgehead atoms. The molecule has 0 fully saturated rings. The van der Waals surface area contributed by atoms with E-state index in [-0.39, 0.29) is 5.91 Å². The quantitative estimate of drug-likeness (QED) is 0.823. The number of anilines is 1. The number of benzene rings is 1. The van der Waals surface area contributed by atoms with Crippen molar-refractivity contribution in [3.63, 3.8) is 0 Å². The molecule has 0 radical (unpaired) electrons. The number of carbonyl (C=O) groups is 1. The van der Waals surface area contributed by atoms with Crippen LogP contribution in [0.1, 0.15) is 24.7 Å². The molecule has 1 amide bonds. The molecule has 0 saturated heterocycles. The van der Waals surface area contributed by atoms with Gasteiger partial charge >= 0.3 is 0 Å². The van der Waals surface area contributed by atoms with Gasteiger partial charge in [-0.1, -0.05) is 18.2 Å². The third-order valence-electron chi connectivity index (χ3n) is 3.32. The molecule has 4 nitrogen and oxygen atoms in total. The molecule has 1 aromatic heterocycles. The summed E-state index contributed by atoms with van der Waals surface area (Å²) in [4.78, 5) is 14.0. The van der Waals surface area contributed by atoms with Crippen LogP contribution in [0.5, 0.6) is 0 Å². The lowest BCUT2D eigenvalue weighted by atomic mass is 10.1. The fourth-order valence-electron chi connectivity index (χ4n) is 2.13. The zero-order valence-electron chi connectivity index (χ0n) is 11.7. The van der Waals surface area contributed by atoms with E-state index in [2.05, 4.69) is 0 Å². The van der Waals surface area contributed by atoms with E-state index in [0.717, 1.165) is 17.0 Å². The minimum absolute atomic E-state index is 0.118. The number of nitrogen functional groups attached to an aromatic ring is 1. The van der Waals surface area contributed by atoms with Crippen LogP contribution >= 0.6 is 0 Å². The molecule has 20 heavy (non-hydrogen) atoms. The Kier molecular flexibility index (Phi) is 4.82. The van der Waals surface area contributed by atoms with Gasteiger partial charge in [0.05, 0.1) is 12.8 Å². The lowest BCUT2D eigenvalue weighted by Crippen LogP contribution is -2.30. The summed E-state index contributed by atoms with van der Waals surface area (Å²) in [5, 5.41) is 0. The Morgan fingerprint density at radius 2 is 2.05 bits per heavy atom. The largest absolute Gasteiger partial charge is 0.467 e. The highest BCUT2D eigenvalue weighted by Crippen LogP contribution is 2.14. The minimum atomic E-state index is 0.118. The average Bonchev–Trinajstić information content (AvgIpc) is 2.96. The van der Waals surface area contributed by atoms with Crippen molar-refractivity contribution >= 4 is 11.6 Å². The maximum Gasteiger partial charge on any atom is 0.223 e. The summed E-state index contributed by atoms with van der Waals surface area (Å²) in [6.45, 7) is 3.16. The first kappa shape index (κ1) is 14.2. The number of hydrogen-bond acceptors (Lipinski definition) is 3. The Bertz CT molecular complexity index is 549. The van der Waals surface area contributed by atoms with Crippen molar-refractivity contribution < 1.29 is 9.21 Å². The first-order valence-electron chi connectivity index (χ1n) is 6.84. The van der Waals surface area contributed by atoms with E-state index < -0.39 is 0 Å². The SMILES string of the molecule is CCN(Cc1ccco1)C(=O)CCc1ccccc1N. The summed E-state index contributed by atoms with van der Waals surface area (Å²) >= 11 is 0. The first-order chi connectivity index (χ1) is 9.70. The summed E-state index contributed by atoms with van der Waals surface area (Å²) in [6, 6.07) is 11.4. The van der Waals surface area contributed by atoms with E-state index in [1.165, 1.54) is 0 Å². The number of furan rings is 1. The highest BCUT2D eigenvalue weighted by molar-refractivity contribution is 5.76. The molecular weight excluding hydrogens is 252 g/mol. The van der Waals surface area contributed by atoms with Gasteiger partial charge in [-0.15, -0.1) is 0 Å². The number of para-hydroxylation sites is 1. The Hall–Kier alpha value is -2.23. The second kappa shape index (κ2) is 6.80. The summed E-state index contributed by atoms with van der Waals surface area (Å²) in [7, 11) is 0. The van der Waals surface area contributed by atoms with Gasteiger partial charge in [0.25, 0.3) is 0 Å². The molecule has 0 atom stereocenters. The van der Waals surface area contributed by atoms with Gasteiger partial charge in [-0.05, 0) is 37.1 Å². The van der Waals surface area contributed by atoms with Gasteiger partial charge in [0.1, 0.15) is 5.76 Å². The van der Waals surface area contributed by atoms with Crippen molar-refractivity contribution in [1.29, 1.82) is 0 Å². The van der Waals surface area contributed by atoms with Gasteiger partial charge in [0.2, 0.25) is 5.91 Å². The van der Waals surface area contributed by atoms with Crippen LogP contribution in [0.3, 0.4) is 0 Å². The topological polar surface area (TPSA) is 59.5 Å². The maximum absolute atomic E-state index is 12.2. The predicted octanol–water partition coefficient (Wildman–Crippen LogP) is 2.84. The monoisotopic (exact) mass is 272 g/mol. The summed E-state index contributed by atoms with van der Waals surface area (Å²) < 4.78 is 5.28. The normalized spacial score (nSPS) is 10.4. The average molecular weight is 272 g/mol. The van der Waals surface area contributed by atoms with E-state index in [1.54, 1.807) is 11.2 Å². The zero-order valence-corrected chi connectivity index (χ0v) is 11.7. The summed E-state index contributed by atoms with van der Waals surface area (Å²) in [5.74, 6) is 0.923. The molecule has 0 saturated carbocycles. The zero-order chi connectivity index (χ0) is 14.4. The van der Waals surface area contributed by atoms with E-state index >= 15 is 0 Å². The third-order valence-corrected chi connectivity index (χ3v) is 3.32. The van der Waals surface area contributed by atoms with Crippen LogP contribution in [0.25, 0.3) is 0 Å². The van der Waals surface area contributed by atoms with Crippen molar-refractivity contribution in [2.75, 3.05) is 12.3 Å². The van der Waals surface area contributed by atoms with Crippen molar-refractivity contribution in [3.8, 4) is 0 Å². The Labute approximate surface area is 119 Å². The van der Waals surface area contributed by atoms with E-state index in [9.17, 15) is 4.79 Å². The fraction of sp³-hybridized carbons (Fsp3) is 0.312. The Morgan fingerprint density at radius 1 is 1.25 bits per heavy atom. The molecule has 1 aromatic carbocycles. The van der Waals surface area contributed by atoms with Crippen LogP contribution in [0.2, 0.25) is 0 Å². The molecular formula is C16H20N2O2. The third kappa shape index (κ3) is 3.63. The van der Waals surface area contributed by atoms with Gasteiger partial charge < -0.3 is 15.1 Å². The summed E-state index contributed by atoms with van der Waals surface area (Å²) in [5.41, 5.74) is 7.65. The molecule has 0 aliphatic rings. The second-order valence-electron chi connectivity index (χ2n) is 4.69. The van der Waals surface area contributed by atoms with Crippen LogP contribution in [0.4, 0.5) is 5.69 Å². The van der Waals surface area contributed by atoms with Crippen molar-refractivity contribution in [2.45, 2.75) is 26.3 Å². The lowest BCUT2D eigenvalue weighted by molar-refractivity contribution is -0.131. The van der Waals surface area contributed by atoms with Gasteiger partial charge in [-0.2, -0.15) is 0 Å². The fourth-order valence-corrected chi connectivity index (χ4v) is 2.13. The lowest BCUT2D eigenvalue weighted by Gasteiger charge is -2.19. The smallest absolute Gasteiger partial charge is 0.223 e. The van der Waals surface area contributed by atoms with Gasteiger partial charge in [-0.25, -0.2) is 0 Å². The highest BCUT2D eigenvalue weighted by atomic mass is 16.3. The van der Waals surface area contributed by atoms with Crippen LogP contribution in [0.15, 0.2) is 47.1 Å². The molecule has 0 unspecified atom stereocenters. The van der Waals surface area contributed by atoms with E-state index in [1.807, 2.05) is 43.3 Å². The van der Waals surface area contributed by atoms with Crippen LogP contribution in [-0.4, -0.2) is 17.4 Å². The number of hydrogen-bond donors (Lipinski definition) is 1. The Balaban J connectivity index is 1.91. The van der Waals surface area contributed by atoms with Crippen LogP contribution in [-0.2, 0) is 17.8 Å². The molecule has 2 rings (SSSR count). The van der Waals surface area contributed by atoms with Gasteiger partial charge in [-0.3, -0.25) is 4.79 Å². The molecule has 0 aliphatic heterocycles. The second-order valence-corrected chi connectivity index (χ2v) is 4.69. The number of amides is 1.